The number of hydrogen-bond acceptors (Lipinski definition) is 1. The quantitative estimate of drug-likeness (QED) is 0.722. The summed E-state index contributed by atoms with van der Waals surface area (Å²) in [5.41, 5.74) is 1.51. The van der Waals surface area contributed by atoms with E-state index in [4.69, 9.17) is 0 Å². The minimum Gasteiger partial charge on any atom is -0.316 e. The van der Waals surface area contributed by atoms with Crippen molar-refractivity contribution < 1.29 is 4.39 Å². The highest BCUT2D eigenvalue weighted by atomic mass is 19.1. The van der Waals surface area contributed by atoms with Gasteiger partial charge in [-0.05, 0) is 23.1 Å². The van der Waals surface area contributed by atoms with Crippen molar-refractivity contribution in [1.29, 1.82) is 0 Å². The minimum absolute atomic E-state index is 0.155. The van der Waals surface area contributed by atoms with E-state index in [1.54, 1.807) is 12.1 Å². The molecule has 0 amide bonds. The molecule has 76 valence electrons. The van der Waals surface area contributed by atoms with Crippen LogP contribution in [0.15, 0.2) is 24.3 Å². The lowest BCUT2D eigenvalue weighted by Gasteiger charge is -2.25. The molecule has 0 saturated carbocycles. The SMILES string of the molecule is CC1(C)CNC[C@@H]1c1ccc(F)cc1. The highest BCUT2D eigenvalue weighted by Gasteiger charge is 2.35. The fourth-order valence-corrected chi connectivity index (χ4v) is 2.20. The standard InChI is InChI=1S/C12H16FN/c1-12(2)8-14-7-11(12)9-3-5-10(13)6-4-9/h3-6,11,14H,7-8H2,1-2H3/t11-/m1/s1. The van der Waals surface area contributed by atoms with Crippen molar-refractivity contribution in [2.24, 2.45) is 5.41 Å². The molecule has 1 nitrogen and oxygen atoms in total. The molecule has 0 unspecified atom stereocenters. The van der Waals surface area contributed by atoms with E-state index in [0.717, 1.165) is 13.1 Å². The van der Waals surface area contributed by atoms with Crippen LogP contribution in [0.25, 0.3) is 0 Å². The Labute approximate surface area is 84.3 Å². The second-order valence-corrected chi connectivity index (χ2v) is 4.72. The molecule has 1 fully saturated rings. The smallest absolute Gasteiger partial charge is 0.123 e. The third-order valence-corrected chi connectivity index (χ3v) is 3.14. The lowest BCUT2D eigenvalue weighted by molar-refractivity contribution is 0.363. The molecule has 0 bridgehead atoms. The number of rotatable bonds is 1. The zero-order valence-corrected chi connectivity index (χ0v) is 8.68. The molecule has 14 heavy (non-hydrogen) atoms. The molecule has 0 aromatic heterocycles. The highest BCUT2D eigenvalue weighted by Crippen LogP contribution is 2.38. The maximum Gasteiger partial charge on any atom is 0.123 e. The van der Waals surface area contributed by atoms with Gasteiger partial charge < -0.3 is 5.32 Å². The van der Waals surface area contributed by atoms with E-state index in [1.165, 1.54) is 5.56 Å². The summed E-state index contributed by atoms with van der Waals surface area (Å²) in [6, 6.07) is 6.89. The van der Waals surface area contributed by atoms with Gasteiger partial charge in [0.1, 0.15) is 5.82 Å². The van der Waals surface area contributed by atoms with Crippen molar-refractivity contribution in [3.8, 4) is 0 Å². The zero-order valence-electron chi connectivity index (χ0n) is 8.68. The summed E-state index contributed by atoms with van der Waals surface area (Å²) in [7, 11) is 0. The van der Waals surface area contributed by atoms with Crippen molar-refractivity contribution in [3.05, 3.63) is 35.6 Å². The third kappa shape index (κ3) is 1.67. The Morgan fingerprint density at radius 2 is 1.93 bits per heavy atom. The zero-order chi connectivity index (χ0) is 10.2. The van der Waals surface area contributed by atoms with Gasteiger partial charge in [0, 0.05) is 19.0 Å². The average molecular weight is 193 g/mol. The molecule has 0 aliphatic carbocycles. The first-order chi connectivity index (χ1) is 6.59. The third-order valence-electron chi connectivity index (χ3n) is 3.14. The van der Waals surface area contributed by atoms with Crippen molar-refractivity contribution in [1.82, 2.24) is 5.32 Å². The molecular formula is C12H16FN. The summed E-state index contributed by atoms with van der Waals surface area (Å²) in [4.78, 5) is 0. The van der Waals surface area contributed by atoms with Gasteiger partial charge in [-0.15, -0.1) is 0 Å². The van der Waals surface area contributed by atoms with Gasteiger partial charge in [0.05, 0.1) is 0 Å². The van der Waals surface area contributed by atoms with Crippen LogP contribution in [0.5, 0.6) is 0 Å². The summed E-state index contributed by atoms with van der Waals surface area (Å²) < 4.78 is 12.8. The van der Waals surface area contributed by atoms with Crippen LogP contribution in [-0.4, -0.2) is 13.1 Å². The Bertz CT molecular complexity index is 316. The van der Waals surface area contributed by atoms with Crippen molar-refractivity contribution >= 4 is 0 Å². The summed E-state index contributed by atoms with van der Waals surface area (Å²) in [6.07, 6.45) is 0. The van der Waals surface area contributed by atoms with Crippen LogP contribution in [0.4, 0.5) is 4.39 Å². The summed E-state index contributed by atoms with van der Waals surface area (Å²) in [5.74, 6) is 0.348. The van der Waals surface area contributed by atoms with Gasteiger partial charge >= 0.3 is 0 Å². The molecule has 0 spiro atoms. The molecule has 1 aliphatic heterocycles. The van der Waals surface area contributed by atoms with Crippen LogP contribution >= 0.6 is 0 Å². The Morgan fingerprint density at radius 1 is 1.29 bits per heavy atom. The van der Waals surface area contributed by atoms with E-state index in [2.05, 4.69) is 19.2 Å². The maximum absolute atomic E-state index is 12.8. The Balaban J connectivity index is 2.27. The largest absolute Gasteiger partial charge is 0.316 e. The molecule has 1 heterocycles. The second kappa shape index (κ2) is 3.35. The van der Waals surface area contributed by atoms with Crippen LogP contribution in [0.1, 0.15) is 25.3 Å². The van der Waals surface area contributed by atoms with Gasteiger partial charge in [0.25, 0.3) is 0 Å². The van der Waals surface area contributed by atoms with Crippen molar-refractivity contribution in [2.45, 2.75) is 19.8 Å². The predicted octanol–water partition coefficient (Wildman–Crippen LogP) is 2.54. The molecule has 2 heteroatoms. The van der Waals surface area contributed by atoms with Crippen LogP contribution in [0.2, 0.25) is 0 Å². The lowest BCUT2D eigenvalue weighted by Crippen LogP contribution is -2.20. The summed E-state index contributed by atoms with van der Waals surface area (Å²) >= 11 is 0. The van der Waals surface area contributed by atoms with Gasteiger partial charge in [-0.1, -0.05) is 26.0 Å². The predicted molar refractivity (Wildman–Crippen MR) is 55.8 cm³/mol. The van der Waals surface area contributed by atoms with Gasteiger partial charge in [0.15, 0.2) is 0 Å². The van der Waals surface area contributed by atoms with Gasteiger partial charge in [-0.3, -0.25) is 0 Å². The van der Waals surface area contributed by atoms with E-state index in [9.17, 15) is 4.39 Å². The molecule has 1 N–H and O–H groups in total. The highest BCUT2D eigenvalue weighted by molar-refractivity contribution is 5.24. The van der Waals surface area contributed by atoms with Gasteiger partial charge in [-0.2, -0.15) is 0 Å². The second-order valence-electron chi connectivity index (χ2n) is 4.72. The fourth-order valence-electron chi connectivity index (χ4n) is 2.20. The summed E-state index contributed by atoms with van der Waals surface area (Å²) in [5, 5.41) is 3.38. The summed E-state index contributed by atoms with van der Waals surface area (Å²) in [6.45, 7) is 6.54. The Morgan fingerprint density at radius 3 is 2.43 bits per heavy atom. The monoisotopic (exact) mass is 193 g/mol. The van der Waals surface area contributed by atoms with E-state index >= 15 is 0 Å². The number of benzene rings is 1. The first kappa shape index (κ1) is 9.66. The van der Waals surface area contributed by atoms with Crippen molar-refractivity contribution in [2.75, 3.05) is 13.1 Å². The van der Waals surface area contributed by atoms with Crippen molar-refractivity contribution in [3.63, 3.8) is 0 Å². The van der Waals surface area contributed by atoms with Gasteiger partial charge in [0.2, 0.25) is 0 Å². The molecule has 1 aromatic carbocycles. The molecule has 0 radical (unpaired) electrons. The van der Waals surface area contributed by atoms with E-state index in [0.29, 0.717) is 5.92 Å². The maximum atomic E-state index is 12.8. The van der Waals surface area contributed by atoms with Gasteiger partial charge in [-0.25, -0.2) is 4.39 Å². The Kier molecular flexibility index (Phi) is 2.31. The fraction of sp³-hybridized carbons (Fsp3) is 0.500. The molecule has 2 rings (SSSR count). The Hall–Kier alpha value is -0.890. The lowest BCUT2D eigenvalue weighted by atomic mass is 9.78. The molecule has 1 atom stereocenters. The molecule has 1 aliphatic rings. The van der Waals surface area contributed by atoms with E-state index in [-0.39, 0.29) is 11.2 Å². The van der Waals surface area contributed by atoms with Crippen LogP contribution in [0, 0.1) is 11.2 Å². The first-order valence-corrected chi connectivity index (χ1v) is 5.06. The van der Waals surface area contributed by atoms with Crippen LogP contribution in [0.3, 0.4) is 0 Å². The van der Waals surface area contributed by atoms with E-state index in [1.807, 2.05) is 12.1 Å². The first-order valence-electron chi connectivity index (χ1n) is 5.06. The molecule has 1 aromatic rings. The number of hydrogen-bond donors (Lipinski definition) is 1. The number of halogens is 1. The minimum atomic E-state index is -0.155. The molecule has 1 saturated heterocycles. The number of nitrogens with one attached hydrogen (secondary N) is 1. The normalized spacial score (nSPS) is 25.2. The molecular weight excluding hydrogens is 177 g/mol. The van der Waals surface area contributed by atoms with Crippen LogP contribution in [-0.2, 0) is 0 Å². The topological polar surface area (TPSA) is 12.0 Å². The van der Waals surface area contributed by atoms with Crippen LogP contribution < -0.4 is 5.32 Å². The average Bonchev–Trinajstić information content (AvgIpc) is 2.47. The van der Waals surface area contributed by atoms with E-state index < -0.39 is 0 Å².